The second-order valence-electron chi connectivity index (χ2n) is 4.46. The van der Waals surface area contributed by atoms with Gasteiger partial charge in [0.05, 0.1) is 17.5 Å². The van der Waals surface area contributed by atoms with Crippen molar-refractivity contribution >= 4 is 43.8 Å². The molecule has 2 heterocycles. The fourth-order valence-corrected chi connectivity index (χ4v) is 6.79. The molecule has 4 nitrogen and oxygen atoms in total. The third-order valence-corrected chi connectivity index (χ3v) is 6.76. The number of fused-ring (bicyclic) bond motifs is 1. The van der Waals surface area contributed by atoms with E-state index in [2.05, 4.69) is 0 Å². The topological polar surface area (TPSA) is 57.6 Å². The number of phenols is 1. The number of rotatable bonds is 1. The maximum atomic E-state index is 11.7. The van der Waals surface area contributed by atoms with Crippen molar-refractivity contribution in [3.8, 4) is 5.75 Å². The first-order valence-electron chi connectivity index (χ1n) is 5.45. The molecule has 2 aliphatic rings. The fourth-order valence-electron chi connectivity index (χ4n) is 2.41. The minimum Gasteiger partial charge on any atom is -0.508 e. The third-order valence-electron chi connectivity index (χ3n) is 3.16. The van der Waals surface area contributed by atoms with E-state index in [0.717, 1.165) is 5.69 Å². The van der Waals surface area contributed by atoms with Gasteiger partial charge in [0.1, 0.15) is 10.1 Å². The lowest BCUT2D eigenvalue weighted by molar-refractivity contribution is 0.475. The molecule has 0 aromatic heterocycles. The summed E-state index contributed by atoms with van der Waals surface area (Å²) < 4.78 is 24.0. The summed E-state index contributed by atoms with van der Waals surface area (Å²) in [7, 11) is -2.96. The molecule has 7 heteroatoms. The lowest BCUT2D eigenvalue weighted by atomic mass is 10.2. The summed E-state index contributed by atoms with van der Waals surface area (Å²) in [4.78, 5) is 1.86. The second-order valence-corrected chi connectivity index (χ2v) is 8.48. The Balaban J connectivity index is 1.99. The molecule has 0 saturated carbocycles. The largest absolute Gasteiger partial charge is 0.508 e. The van der Waals surface area contributed by atoms with Crippen LogP contribution in [0.4, 0.5) is 5.69 Å². The van der Waals surface area contributed by atoms with Crippen molar-refractivity contribution in [1.29, 1.82) is 0 Å². The van der Waals surface area contributed by atoms with Gasteiger partial charge in [-0.1, -0.05) is 30.0 Å². The number of sulfone groups is 1. The zero-order valence-corrected chi connectivity index (χ0v) is 11.8. The first-order valence-corrected chi connectivity index (χ1v) is 8.56. The van der Waals surface area contributed by atoms with Gasteiger partial charge in [-0.15, -0.1) is 0 Å². The van der Waals surface area contributed by atoms with Crippen molar-refractivity contribution in [2.24, 2.45) is 0 Å². The second kappa shape index (κ2) is 4.11. The maximum Gasteiger partial charge on any atom is 0.153 e. The molecule has 1 aromatic rings. The van der Waals surface area contributed by atoms with E-state index in [-0.39, 0.29) is 28.5 Å². The number of thiocarbonyl (C=S) groups is 1. The summed E-state index contributed by atoms with van der Waals surface area (Å²) in [6.07, 6.45) is 0. The van der Waals surface area contributed by atoms with Crippen molar-refractivity contribution in [3.63, 3.8) is 0 Å². The van der Waals surface area contributed by atoms with Crippen LogP contribution in [0.3, 0.4) is 0 Å². The lowest BCUT2D eigenvalue weighted by Gasteiger charge is -2.24. The molecule has 0 radical (unpaired) electrons. The van der Waals surface area contributed by atoms with E-state index < -0.39 is 9.84 Å². The van der Waals surface area contributed by atoms with E-state index in [4.69, 9.17) is 12.2 Å². The van der Waals surface area contributed by atoms with E-state index in [1.54, 1.807) is 18.2 Å². The van der Waals surface area contributed by atoms with Crippen molar-refractivity contribution in [3.05, 3.63) is 24.3 Å². The van der Waals surface area contributed by atoms with Gasteiger partial charge in [0.15, 0.2) is 9.84 Å². The van der Waals surface area contributed by atoms with Gasteiger partial charge in [-0.05, 0) is 12.1 Å². The van der Waals surface area contributed by atoms with Crippen LogP contribution in [0.25, 0.3) is 0 Å². The smallest absolute Gasteiger partial charge is 0.153 e. The molecular formula is C11H11NO3S3. The van der Waals surface area contributed by atoms with Gasteiger partial charge < -0.3 is 10.0 Å². The van der Waals surface area contributed by atoms with Crippen LogP contribution in [-0.4, -0.2) is 40.6 Å². The Bertz CT molecular complexity index is 614. The van der Waals surface area contributed by atoms with E-state index in [1.807, 2.05) is 11.0 Å². The molecule has 0 bridgehead atoms. The first-order chi connectivity index (χ1) is 8.46. The summed E-state index contributed by atoms with van der Waals surface area (Å²) in [5, 5.41) is 9.53. The highest BCUT2D eigenvalue weighted by molar-refractivity contribution is 8.24. The number of aromatic hydroxyl groups is 1. The molecule has 18 heavy (non-hydrogen) atoms. The summed E-state index contributed by atoms with van der Waals surface area (Å²) >= 11 is 6.75. The molecule has 3 rings (SSSR count). The van der Waals surface area contributed by atoms with Gasteiger partial charge in [0.25, 0.3) is 0 Å². The van der Waals surface area contributed by atoms with Crippen LogP contribution in [0, 0.1) is 0 Å². The Labute approximate surface area is 115 Å². The third kappa shape index (κ3) is 2.00. The van der Waals surface area contributed by atoms with E-state index in [0.29, 0.717) is 4.32 Å². The SMILES string of the molecule is O=S1(=O)C[C@@H]2SC(=S)N(c3cccc(O)c3)[C@H]2C1. The number of hydrogen-bond donors (Lipinski definition) is 1. The van der Waals surface area contributed by atoms with Gasteiger partial charge in [-0.25, -0.2) is 8.42 Å². The Morgan fingerprint density at radius 2 is 2.17 bits per heavy atom. The van der Waals surface area contributed by atoms with Crippen LogP contribution in [0.15, 0.2) is 24.3 Å². The molecule has 2 fully saturated rings. The van der Waals surface area contributed by atoms with Crippen LogP contribution < -0.4 is 4.90 Å². The van der Waals surface area contributed by atoms with Gasteiger partial charge >= 0.3 is 0 Å². The molecular weight excluding hydrogens is 290 g/mol. The molecule has 0 spiro atoms. The lowest BCUT2D eigenvalue weighted by Crippen LogP contribution is -2.36. The van der Waals surface area contributed by atoms with Gasteiger partial charge in [0.2, 0.25) is 0 Å². The monoisotopic (exact) mass is 301 g/mol. The predicted molar refractivity (Wildman–Crippen MR) is 77.0 cm³/mol. The van der Waals surface area contributed by atoms with Gasteiger partial charge in [0, 0.05) is 17.0 Å². The number of phenolic OH excluding ortho intramolecular Hbond substituents is 1. The van der Waals surface area contributed by atoms with Crippen molar-refractivity contribution in [2.45, 2.75) is 11.3 Å². The van der Waals surface area contributed by atoms with E-state index in [9.17, 15) is 13.5 Å². The highest BCUT2D eigenvalue weighted by Gasteiger charge is 2.48. The summed E-state index contributed by atoms with van der Waals surface area (Å²) in [6.45, 7) is 0. The average molecular weight is 301 g/mol. The van der Waals surface area contributed by atoms with Crippen LogP contribution in [-0.2, 0) is 9.84 Å². The van der Waals surface area contributed by atoms with Crippen LogP contribution in [0.5, 0.6) is 5.75 Å². The van der Waals surface area contributed by atoms with Gasteiger partial charge in [-0.2, -0.15) is 0 Å². The number of nitrogens with zero attached hydrogens (tertiary/aromatic N) is 1. The molecule has 1 aromatic carbocycles. The van der Waals surface area contributed by atoms with E-state index >= 15 is 0 Å². The molecule has 2 atom stereocenters. The zero-order valence-electron chi connectivity index (χ0n) is 9.31. The van der Waals surface area contributed by atoms with Gasteiger partial charge in [-0.3, -0.25) is 0 Å². The number of hydrogen-bond acceptors (Lipinski definition) is 5. The normalized spacial score (nSPS) is 29.6. The minimum atomic E-state index is -2.96. The number of thioether (sulfide) groups is 1. The Kier molecular flexibility index (Phi) is 2.80. The Morgan fingerprint density at radius 1 is 1.39 bits per heavy atom. The molecule has 2 aliphatic heterocycles. The fraction of sp³-hybridized carbons (Fsp3) is 0.364. The minimum absolute atomic E-state index is 0.0184. The summed E-state index contributed by atoms with van der Waals surface area (Å²) in [5.74, 6) is 0.489. The highest BCUT2D eigenvalue weighted by Crippen LogP contribution is 2.41. The van der Waals surface area contributed by atoms with Crippen LogP contribution in [0.1, 0.15) is 0 Å². The Hall–Kier alpha value is -0.790. The molecule has 0 unspecified atom stereocenters. The molecule has 2 saturated heterocycles. The summed E-state index contributed by atoms with van der Waals surface area (Å²) in [6, 6.07) is 6.65. The highest BCUT2D eigenvalue weighted by atomic mass is 32.2. The Morgan fingerprint density at radius 3 is 2.89 bits per heavy atom. The van der Waals surface area contributed by atoms with Crippen LogP contribution >= 0.6 is 24.0 Å². The summed E-state index contributed by atoms with van der Waals surface area (Å²) in [5.41, 5.74) is 0.761. The van der Waals surface area contributed by atoms with Crippen molar-refractivity contribution in [1.82, 2.24) is 0 Å². The molecule has 1 N–H and O–H groups in total. The number of anilines is 1. The van der Waals surface area contributed by atoms with Crippen LogP contribution in [0.2, 0.25) is 0 Å². The average Bonchev–Trinajstić information content (AvgIpc) is 2.68. The molecule has 0 aliphatic carbocycles. The standard InChI is InChI=1S/C11H11NO3S3/c13-8-3-1-2-7(4-8)12-9-5-18(14,15)6-10(9)17-11(12)16/h1-4,9-10,13H,5-6H2/t9-,10-/m0/s1. The van der Waals surface area contributed by atoms with E-state index in [1.165, 1.54) is 11.8 Å². The molecule has 96 valence electrons. The first kappa shape index (κ1) is 12.3. The van der Waals surface area contributed by atoms with Crippen molar-refractivity contribution < 1.29 is 13.5 Å². The van der Waals surface area contributed by atoms with Crippen molar-refractivity contribution in [2.75, 3.05) is 16.4 Å². The molecule has 0 amide bonds. The predicted octanol–water partition coefficient (Wildman–Crippen LogP) is 1.40. The zero-order chi connectivity index (χ0) is 12.9. The quantitative estimate of drug-likeness (QED) is 0.791. The number of benzene rings is 1. The maximum absolute atomic E-state index is 11.7.